The number of phenolic OH excluding ortho intramolecular Hbond substituents is 1. The van der Waals surface area contributed by atoms with E-state index in [1.807, 2.05) is 73.3 Å². The van der Waals surface area contributed by atoms with Crippen LogP contribution in [0.3, 0.4) is 0 Å². The van der Waals surface area contributed by atoms with Crippen LogP contribution in [0, 0.1) is 45.1 Å². The van der Waals surface area contributed by atoms with E-state index in [1.54, 1.807) is 12.3 Å². The van der Waals surface area contributed by atoms with Crippen LogP contribution >= 0.6 is 0 Å². The Morgan fingerprint density at radius 3 is 1.67 bits per heavy atom. The molecule has 6 aromatic heterocycles. The summed E-state index contributed by atoms with van der Waals surface area (Å²) in [6.07, 6.45) is 36.6. The molecule has 688 valence electrons. The van der Waals surface area contributed by atoms with Gasteiger partial charge in [-0.25, -0.2) is 0 Å². The third kappa shape index (κ3) is 30.0. The molecule has 3 atom stereocenters. The van der Waals surface area contributed by atoms with Gasteiger partial charge in [0.1, 0.15) is 17.2 Å². The standard InChI is InChI=1S/C27H39N2.C25H31N2.C21H22NO.C19H24N2O.C5H2F6O2.C5H8O2.2Ir.Pd.Pt/c1-20(26(3)13-7-5-8-14-26)22-11-17-28-24(19-22)25-23(12-18-29-25)21(2)27(4)15-9-6-10-16-27;1-19(2)17-25(12-7-4-8-13-25)18-20-11-14-26-22(15-20)24-16-21-9-5-6-10-23(21)27(24)3;1-15(21(2)12-5-6-13-21)16-8-7-9-17(14-16)20-22-18-10-3-4-11-19(18)23-20;1-19(10-6-2-3-7-11-19)12-15-13-21-17(14-20-15)16-8-4-5-9-18(16)22;6-4(7,8)2(12)1-3(13)5(9,10)11;1-4(6)3-5(2)7;;;;/h11-12,17-21H,5-10,13-16H2,1-4H3;5-6,9-11,14-15,19H,4,7-8,12-13,17-18H2,1-3H3;3-4,7-8,10-11,14-15H,5-6,12-13H2,1-2H3;4-5,8-9,13-14,22H,2-3,6-7,10-12H2,1H3;1,12H;3,6H,1-2H3;;;;/q3*-1;;;;;;;. The van der Waals surface area contributed by atoms with Gasteiger partial charge in [0.15, 0.2) is 5.78 Å². The van der Waals surface area contributed by atoms with Crippen LogP contribution in [0.2, 0.25) is 0 Å². The number of phenols is 1. The molecule has 5 saturated carbocycles. The zero-order chi connectivity index (χ0) is 87.3. The van der Waals surface area contributed by atoms with Crippen molar-refractivity contribution >= 4 is 33.6 Å². The summed E-state index contributed by atoms with van der Waals surface area (Å²) in [4.78, 5) is 47.9. The van der Waals surface area contributed by atoms with Crippen molar-refractivity contribution in [2.75, 3.05) is 0 Å². The minimum absolute atomic E-state index is 0. The summed E-state index contributed by atoms with van der Waals surface area (Å²) in [7, 11) is 2.11. The Bertz CT molecular complexity index is 5030. The number of nitrogens with zero attached hydrogens (tertiary/aromatic N) is 7. The van der Waals surface area contributed by atoms with Crippen molar-refractivity contribution in [2.24, 2.45) is 40.0 Å². The number of hydrogen-bond acceptors (Lipinski definition) is 11. The van der Waals surface area contributed by atoms with Crippen LogP contribution in [-0.4, -0.2) is 68.7 Å². The maximum Gasteiger partial charge on any atom is 0.454 e. The Balaban J connectivity index is 0.000000239. The average Bonchev–Trinajstić information content (AvgIpc) is 1.14. The maximum atomic E-state index is 11.4. The first-order valence-corrected chi connectivity index (χ1v) is 43.9. The number of benzene rings is 4. The second-order valence-electron chi connectivity index (χ2n) is 36.7. The monoisotopic (exact) mass is 2350 g/mol. The number of halogens is 6. The van der Waals surface area contributed by atoms with Crippen LogP contribution in [0.1, 0.15) is 289 Å². The molecule has 5 aliphatic rings. The van der Waals surface area contributed by atoms with Gasteiger partial charge in [0.05, 0.1) is 28.9 Å². The number of aliphatic hydroxyl groups excluding tert-OH is 2. The number of aromatic nitrogens is 7. The topological polar surface area (TPSA) is 191 Å². The number of hydrogen-bond donors (Lipinski definition) is 3. The fraction of sp³-hybridized carbons (Fsp3) is 0.500. The molecule has 23 heteroatoms. The summed E-state index contributed by atoms with van der Waals surface area (Å²) < 4.78 is 76.2. The number of carbonyl (C=O) groups excluding carboxylic acids is 2. The fourth-order valence-corrected chi connectivity index (χ4v) is 19.3. The quantitative estimate of drug-likeness (QED) is 0.0184. The van der Waals surface area contributed by atoms with Gasteiger partial charge in [-0.2, -0.15) is 32.5 Å². The zero-order valence-corrected chi connectivity index (χ0v) is 83.1. The van der Waals surface area contributed by atoms with Crippen LogP contribution < -0.4 is 4.98 Å². The summed E-state index contributed by atoms with van der Waals surface area (Å²) in [6, 6.07) is 48.2. The molecule has 5 aliphatic carbocycles. The Kier molecular flexibility index (Phi) is 41.5. The van der Waals surface area contributed by atoms with E-state index in [-0.39, 0.29) is 99.0 Å². The van der Waals surface area contributed by atoms with Crippen molar-refractivity contribution < 1.29 is 137 Å². The molecule has 4 aromatic carbocycles. The molecule has 13 nitrogen and oxygen atoms in total. The normalized spacial score (nSPS) is 17.8. The molecule has 6 heterocycles. The molecule has 3 unspecified atom stereocenters. The van der Waals surface area contributed by atoms with Crippen LogP contribution in [0.4, 0.5) is 26.3 Å². The van der Waals surface area contributed by atoms with E-state index in [2.05, 4.69) is 168 Å². The van der Waals surface area contributed by atoms with Gasteiger partial charge in [0.25, 0.3) is 5.78 Å². The van der Waals surface area contributed by atoms with E-state index in [4.69, 9.17) is 29.6 Å². The number of para-hydroxylation sites is 4. The van der Waals surface area contributed by atoms with Gasteiger partial charge in [-0.05, 0) is 207 Å². The number of fused-ring (bicyclic) bond motifs is 2. The van der Waals surface area contributed by atoms with Gasteiger partial charge in [-0.15, -0.1) is 59.1 Å². The van der Waals surface area contributed by atoms with Crippen LogP contribution in [0.25, 0.3) is 67.5 Å². The van der Waals surface area contributed by atoms with Gasteiger partial charge < -0.3 is 34.3 Å². The first-order chi connectivity index (χ1) is 57.5. The number of carbonyl (C=O) groups is 2. The largest absolute Gasteiger partial charge is 0.662 e. The van der Waals surface area contributed by atoms with Crippen LogP contribution in [0.5, 0.6) is 5.75 Å². The Morgan fingerprint density at radius 1 is 0.584 bits per heavy atom. The van der Waals surface area contributed by atoms with Crippen molar-refractivity contribution in [3.05, 3.63) is 216 Å². The minimum atomic E-state index is -5.42. The average molecular weight is 2350 g/mol. The van der Waals surface area contributed by atoms with Crippen LogP contribution in [-0.2, 0) is 111 Å². The number of pyridine rings is 2. The molecule has 2 radical (unpaired) electrons. The number of allylic oxidation sites excluding steroid dienone is 4. The molecule has 5 fully saturated rings. The van der Waals surface area contributed by atoms with E-state index in [0.717, 1.165) is 74.1 Å². The van der Waals surface area contributed by atoms with Gasteiger partial charge in [-0.3, -0.25) is 29.5 Å². The summed E-state index contributed by atoms with van der Waals surface area (Å²) in [5, 5.41) is 27.4. The maximum absolute atomic E-state index is 11.4. The van der Waals surface area contributed by atoms with Crippen molar-refractivity contribution in [2.45, 2.75) is 286 Å². The summed E-state index contributed by atoms with van der Waals surface area (Å²) in [6.45, 7) is 24.6. The number of alkyl halides is 6. The molecule has 0 amide bonds. The molecule has 15 rings (SSSR count). The third-order valence-corrected chi connectivity index (χ3v) is 26.8. The minimum Gasteiger partial charge on any atom is -0.662 e. The molecule has 0 aliphatic heterocycles. The van der Waals surface area contributed by atoms with Crippen molar-refractivity contribution in [3.8, 4) is 51.2 Å². The number of aryl methyl sites for hydroxylation is 1. The summed E-state index contributed by atoms with van der Waals surface area (Å²) >= 11 is 0. The predicted molar refractivity (Wildman–Crippen MR) is 473 cm³/mol. The third-order valence-electron chi connectivity index (χ3n) is 26.8. The Labute approximate surface area is 792 Å². The van der Waals surface area contributed by atoms with Gasteiger partial charge in [0.2, 0.25) is 5.76 Å². The summed E-state index contributed by atoms with van der Waals surface area (Å²) in [5.74, 6) is -2.09. The number of aromatic hydroxyl groups is 1. The Hall–Kier alpha value is -7.00. The first-order valence-electron chi connectivity index (χ1n) is 43.9. The van der Waals surface area contributed by atoms with Gasteiger partial charge >= 0.3 is 12.4 Å². The van der Waals surface area contributed by atoms with Crippen LogP contribution in [0.15, 0.2) is 180 Å². The molecule has 0 bridgehead atoms. The molecule has 3 N–H and O–H groups in total. The second-order valence-corrected chi connectivity index (χ2v) is 36.7. The van der Waals surface area contributed by atoms with E-state index in [1.165, 1.54) is 221 Å². The number of aliphatic hydroxyl groups is 2. The van der Waals surface area contributed by atoms with E-state index in [9.17, 15) is 41.0 Å². The number of oxazole rings is 1. The molecular weight excluding hydrogens is 2220 g/mol. The van der Waals surface area contributed by atoms with E-state index >= 15 is 0 Å². The number of ketones is 2. The SMILES string of the molecule is CC(=O)C=C(C)O.CC(C)CC1(Cc2ccnc(-c3[c-]c4ccccc4n3C)c2)CCCCC1.CC(c1cc[c-]c(-c2nc3ccccc3o2)c1)C1(C)CCCC1.CC(c1ccnc(-c2[n-]ccc2C(C)C2(C)CCCCC2)c1)C1(C)CCCCC1.CC1(Cc2cnc(-c3ccccc3O)cn2)CCCCCC1.O=C(C=C(O)C(F)(F)F)C(F)(F)F.[Ir].[Ir].[Pd].[Pt]. The molecule has 0 spiro atoms. The molecular formula is C102H126F6Ir2N7O6PdPt-3. The van der Waals surface area contributed by atoms with Gasteiger partial charge in [-0.1, -0.05) is 224 Å². The predicted octanol–water partition coefficient (Wildman–Crippen LogP) is 28.3. The first kappa shape index (κ1) is 107. The number of rotatable bonds is 18. The van der Waals surface area contributed by atoms with Gasteiger partial charge in [0, 0.05) is 136 Å². The second kappa shape index (κ2) is 48.6. The molecule has 10 aromatic rings. The fourth-order valence-electron chi connectivity index (χ4n) is 19.3. The van der Waals surface area contributed by atoms with E-state index in [0.29, 0.717) is 50.7 Å². The summed E-state index contributed by atoms with van der Waals surface area (Å²) in [5.41, 5.74) is 18.4. The van der Waals surface area contributed by atoms with Crippen molar-refractivity contribution in [1.82, 2.24) is 34.5 Å². The Morgan fingerprint density at radius 2 is 1.12 bits per heavy atom. The zero-order valence-electron chi connectivity index (χ0n) is 74.5. The van der Waals surface area contributed by atoms with E-state index < -0.39 is 30.0 Å². The van der Waals surface area contributed by atoms with Crippen molar-refractivity contribution in [3.63, 3.8) is 0 Å². The molecule has 0 saturated heterocycles. The molecule has 125 heavy (non-hydrogen) atoms. The van der Waals surface area contributed by atoms with Crippen molar-refractivity contribution in [1.29, 1.82) is 0 Å². The smallest absolute Gasteiger partial charge is 0.454 e.